The first kappa shape index (κ1) is 25.0. The van der Waals surface area contributed by atoms with Crippen LogP contribution in [0.3, 0.4) is 0 Å². The van der Waals surface area contributed by atoms with E-state index in [0.29, 0.717) is 0 Å². The van der Waals surface area contributed by atoms with Crippen LogP contribution in [0.4, 0.5) is 5.82 Å². The van der Waals surface area contributed by atoms with E-state index in [1.807, 2.05) is 12.1 Å². The predicted octanol–water partition coefficient (Wildman–Crippen LogP) is 3.69. The average molecular weight is 466 g/mol. The molecule has 0 amide bonds. The smallest absolute Gasteiger partial charge is 0.414 e. The standard InChI is InChI=1S/C24H29N3O.C2H2O4/c1-4-26-13-15-27(16-14-26)24-22-8-6-5-7-20(22)17-23(25-24)18(2)19-9-11-21(28-3)12-10-19;3-1(4)2(5)6/h5-12,17-18H,4,13-16H2,1-3H3;(H,3,4)(H,5,6). The van der Waals surface area contributed by atoms with Gasteiger partial charge in [-0.2, -0.15) is 0 Å². The Bertz CT molecular complexity index is 1110. The zero-order chi connectivity index (χ0) is 24.7. The Morgan fingerprint density at radius 3 is 2.18 bits per heavy atom. The molecule has 1 aromatic heterocycles. The third-order valence-electron chi connectivity index (χ3n) is 6.10. The molecular formula is C26H31N3O5. The fraction of sp³-hybridized carbons (Fsp3) is 0.346. The van der Waals surface area contributed by atoms with Crippen LogP contribution in [0.15, 0.2) is 54.6 Å². The van der Waals surface area contributed by atoms with Gasteiger partial charge in [0.2, 0.25) is 0 Å². The first-order chi connectivity index (χ1) is 16.3. The number of carboxylic acid groups (broad SMARTS) is 2. The van der Waals surface area contributed by atoms with Gasteiger partial charge >= 0.3 is 11.9 Å². The molecule has 2 aromatic carbocycles. The number of anilines is 1. The van der Waals surface area contributed by atoms with Crippen molar-refractivity contribution in [1.29, 1.82) is 0 Å². The van der Waals surface area contributed by atoms with Crippen molar-refractivity contribution in [2.45, 2.75) is 19.8 Å². The van der Waals surface area contributed by atoms with Crippen LogP contribution in [0.25, 0.3) is 10.8 Å². The maximum absolute atomic E-state index is 9.10. The minimum atomic E-state index is -1.82. The van der Waals surface area contributed by atoms with Crippen molar-refractivity contribution < 1.29 is 24.5 Å². The highest BCUT2D eigenvalue weighted by Gasteiger charge is 2.21. The van der Waals surface area contributed by atoms with E-state index in [4.69, 9.17) is 29.5 Å². The number of hydrogen-bond donors (Lipinski definition) is 2. The molecule has 1 unspecified atom stereocenters. The number of carbonyl (C=O) groups is 2. The molecule has 2 heterocycles. The fourth-order valence-electron chi connectivity index (χ4n) is 4.00. The molecule has 180 valence electrons. The highest BCUT2D eigenvalue weighted by atomic mass is 16.5. The van der Waals surface area contributed by atoms with Gasteiger partial charge in [0.25, 0.3) is 0 Å². The Balaban J connectivity index is 0.000000481. The van der Waals surface area contributed by atoms with Gasteiger partial charge < -0.3 is 24.7 Å². The van der Waals surface area contributed by atoms with Crippen molar-refractivity contribution >= 4 is 28.5 Å². The fourth-order valence-corrected chi connectivity index (χ4v) is 4.00. The van der Waals surface area contributed by atoms with Gasteiger partial charge in [0.1, 0.15) is 11.6 Å². The molecule has 1 saturated heterocycles. The van der Waals surface area contributed by atoms with E-state index in [1.54, 1.807) is 7.11 Å². The van der Waals surface area contributed by atoms with E-state index in [9.17, 15) is 0 Å². The first-order valence-electron chi connectivity index (χ1n) is 11.3. The number of fused-ring (bicyclic) bond motifs is 1. The van der Waals surface area contributed by atoms with E-state index < -0.39 is 11.9 Å². The Morgan fingerprint density at radius 2 is 1.62 bits per heavy atom. The number of methoxy groups -OCH3 is 1. The maximum atomic E-state index is 9.10. The quantitative estimate of drug-likeness (QED) is 0.550. The summed E-state index contributed by atoms with van der Waals surface area (Å²) in [5.41, 5.74) is 2.38. The van der Waals surface area contributed by atoms with Crippen LogP contribution >= 0.6 is 0 Å². The molecule has 2 N–H and O–H groups in total. The monoisotopic (exact) mass is 465 g/mol. The summed E-state index contributed by atoms with van der Waals surface area (Å²) in [6, 6.07) is 19.2. The molecule has 3 aromatic rings. The molecule has 8 nitrogen and oxygen atoms in total. The van der Waals surface area contributed by atoms with Crippen LogP contribution in [0.2, 0.25) is 0 Å². The summed E-state index contributed by atoms with van der Waals surface area (Å²) >= 11 is 0. The molecule has 0 radical (unpaired) electrons. The molecule has 0 spiro atoms. The van der Waals surface area contributed by atoms with Crippen molar-refractivity contribution in [2.75, 3.05) is 44.7 Å². The van der Waals surface area contributed by atoms with E-state index in [0.717, 1.165) is 50.0 Å². The van der Waals surface area contributed by atoms with Gasteiger partial charge in [-0.25, -0.2) is 14.6 Å². The van der Waals surface area contributed by atoms with E-state index in [-0.39, 0.29) is 5.92 Å². The lowest BCUT2D eigenvalue weighted by molar-refractivity contribution is -0.159. The number of benzene rings is 2. The number of ether oxygens (including phenoxy) is 1. The Labute approximate surface area is 199 Å². The number of aliphatic carboxylic acids is 2. The summed E-state index contributed by atoms with van der Waals surface area (Å²) in [6.45, 7) is 9.86. The maximum Gasteiger partial charge on any atom is 0.414 e. The molecular weight excluding hydrogens is 434 g/mol. The molecule has 1 aliphatic rings. The lowest BCUT2D eigenvalue weighted by Gasteiger charge is -2.35. The van der Waals surface area contributed by atoms with Gasteiger partial charge in [-0.1, -0.05) is 50.2 Å². The van der Waals surface area contributed by atoms with E-state index in [2.05, 4.69) is 66.1 Å². The number of piperazine rings is 1. The van der Waals surface area contributed by atoms with Crippen LogP contribution in [0.1, 0.15) is 31.0 Å². The summed E-state index contributed by atoms with van der Waals surface area (Å²) in [6.07, 6.45) is 0. The lowest BCUT2D eigenvalue weighted by Crippen LogP contribution is -2.46. The molecule has 34 heavy (non-hydrogen) atoms. The van der Waals surface area contributed by atoms with Gasteiger partial charge in [-0.3, -0.25) is 0 Å². The third kappa shape index (κ3) is 6.02. The molecule has 0 saturated carbocycles. The predicted molar refractivity (Wildman–Crippen MR) is 132 cm³/mol. The van der Waals surface area contributed by atoms with Gasteiger partial charge in [0.15, 0.2) is 0 Å². The van der Waals surface area contributed by atoms with Crippen molar-refractivity contribution in [3.63, 3.8) is 0 Å². The number of rotatable bonds is 5. The largest absolute Gasteiger partial charge is 0.497 e. The van der Waals surface area contributed by atoms with Crippen LogP contribution in [-0.2, 0) is 9.59 Å². The number of pyridine rings is 1. The highest BCUT2D eigenvalue weighted by Crippen LogP contribution is 2.32. The van der Waals surface area contributed by atoms with Crippen LogP contribution in [0, 0.1) is 0 Å². The number of nitrogens with zero attached hydrogens (tertiary/aromatic N) is 3. The van der Waals surface area contributed by atoms with Crippen LogP contribution < -0.4 is 9.64 Å². The highest BCUT2D eigenvalue weighted by molar-refractivity contribution is 6.27. The molecule has 0 bridgehead atoms. The summed E-state index contributed by atoms with van der Waals surface area (Å²) in [5, 5.41) is 17.3. The van der Waals surface area contributed by atoms with Crippen LogP contribution in [0.5, 0.6) is 5.75 Å². The van der Waals surface area contributed by atoms with Gasteiger partial charge in [0, 0.05) is 37.5 Å². The zero-order valence-corrected chi connectivity index (χ0v) is 19.8. The second-order valence-corrected chi connectivity index (χ2v) is 8.12. The van der Waals surface area contributed by atoms with Gasteiger partial charge in [-0.05, 0) is 35.7 Å². The second-order valence-electron chi connectivity index (χ2n) is 8.12. The molecule has 0 aliphatic carbocycles. The molecule has 1 fully saturated rings. The molecule has 4 rings (SSSR count). The zero-order valence-electron chi connectivity index (χ0n) is 19.8. The minimum Gasteiger partial charge on any atom is -0.497 e. The summed E-state index contributed by atoms with van der Waals surface area (Å²) in [7, 11) is 1.70. The normalized spacial score (nSPS) is 14.7. The van der Waals surface area contributed by atoms with Crippen molar-refractivity contribution in [2.24, 2.45) is 0 Å². The van der Waals surface area contributed by atoms with Crippen molar-refractivity contribution in [1.82, 2.24) is 9.88 Å². The number of hydrogen-bond acceptors (Lipinski definition) is 6. The number of likely N-dealkylation sites (N-methyl/N-ethyl adjacent to an activating group) is 1. The first-order valence-corrected chi connectivity index (χ1v) is 11.3. The summed E-state index contributed by atoms with van der Waals surface area (Å²) in [5.74, 6) is -1.41. The molecule has 1 atom stereocenters. The Kier molecular flexibility index (Phi) is 8.43. The van der Waals surface area contributed by atoms with Crippen LogP contribution in [-0.4, -0.2) is 71.9 Å². The Hall–Kier alpha value is -3.65. The topological polar surface area (TPSA) is 103 Å². The Morgan fingerprint density at radius 1 is 1.00 bits per heavy atom. The second kappa shape index (κ2) is 11.5. The van der Waals surface area contributed by atoms with E-state index in [1.165, 1.54) is 16.3 Å². The summed E-state index contributed by atoms with van der Waals surface area (Å²) < 4.78 is 5.30. The number of aromatic nitrogens is 1. The number of carboxylic acids is 2. The molecule has 8 heteroatoms. The SMILES string of the molecule is CCN1CCN(c2nc(C(C)c3ccc(OC)cc3)cc3ccccc23)CC1.O=C(O)C(=O)O. The third-order valence-corrected chi connectivity index (χ3v) is 6.10. The lowest BCUT2D eigenvalue weighted by atomic mass is 9.95. The van der Waals surface area contributed by atoms with E-state index >= 15 is 0 Å². The van der Waals surface area contributed by atoms with Gasteiger partial charge in [-0.15, -0.1) is 0 Å². The van der Waals surface area contributed by atoms with Crippen molar-refractivity contribution in [3.8, 4) is 5.75 Å². The average Bonchev–Trinajstić information content (AvgIpc) is 2.88. The van der Waals surface area contributed by atoms with Crippen molar-refractivity contribution in [3.05, 3.63) is 65.9 Å². The summed E-state index contributed by atoms with van der Waals surface area (Å²) in [4.78, 5) is 28.3. The molecule has 1 aliphatic heterocycles. The van der Waals surface area contributed by atoms with Gasteiger partial charge in [0.05, 0.1) is 12.8 Å². The minimum absolute atomic E-state index is 0.228.